The molecule has 4 aromatic rings. The van der Waals surface area contributed by atoms with Gasteiger partial charge in [-0.25, -0.2) is 14.4 Å². The van der Waals surface area contributed by atoms with Crippen LogP contribution >= 0.6 is 0 Å². The second-order valence-corrected chi connectivity index (χ2v) is 6.46. The Morgan fingerprint density at radius 2 is 1.50 bits per heavy atom. The van der Waals surface area contributed by atoms with E-state index in [0.29, 0.717) is 27.8 Å². The third kappa shape index (κ3) is 4.28. The molecule has 148 valence electrons. The van der Waals surface area contributed by atoms with E-state index < -0.39 is 17.6 Å². The molecular formula is C24H16O6. The van der Waals surface area contributed by atoms with Gasteiger partial charge in [0.25, 0.3) is 0 Å². The van der Waals surface area contributed by atoms with Crippen LogP contribution in [0.3, 0.4) is 0 Å². The average molecular weight is 400 g/mol. The van der Waals surface area contributed by atoms with Gasteiger partial charge in [0.15, 0.2) is 0 Å². The van der Waals surface area contributed by atoms with Crippen LogP contribution in [0, 0.1) is 0 Å². The van der Waals surface area contributed by atoms with Crippen LogP contribution in [0.25, 0.3) is 11.0 Å². The van der Waals surface area contributed by atoms with Gasteiger partial charge in [-0.2, -0.15) is 0 Å². The van der Waals surface area contributed by atoms with Gasteiger partial charge in [-0.3, -0.25) is 0 Å². The van der Waals surface area contributed by atoms with Gasteiger partial charge < -0.3 is 13.9 Å². The monoisotopic (exact) mass is 400 g/mol. The molecule has 1 aromatic heterocycles. The Hall–Kier alpha value is -4.19. The van der Waals surface area contributed by atoms with Gasteiger partial charge in [0, 0.05) is 5.39 Å². The van der Waals surface area contributed by atoms with E-state index in [-0.39, 0.29) is 12.2 Å². The van der Waals surface area contributed by atoms with Gasteiger partial charge in [-0.15, -0.1) is 0 Å². The molecule has 0 aliphatic carbocycles. The van der Waals surface area contributed by atoms with Crippen LogP contribution in [0.2, 0.25) is 0 Å². The van der Waals surface area contributed by atoms with E-state index in [4.69, 9.17) is 13.9 Å². The van der Waals surface area contributed by atoms with Crippen molar-refractivity contribution in [2.24, 2.45) is 0 Å². The quantitative estimate of drug-likeness (QED) is 0.281. The van der Waals surface area contributed by atoms with Crippen LogP contribution in [-0.4, -0.2) is 11.9 Å². The van der Waals surface area contributed by atoms with Gasteiger partial charge in [0.1, 0.15) is 23.5 Å². The number of ether oxygens (including phenoxy) is 2. The summed E-state index contributed by atoms with van der Waals surface area (Å²) in [7, 11) is 0. The summed E-state index contributed by atoms with van der Waals surface area (Å²) in [4.78, 5) is 36.5. The topological polar surface area (TPSA) is 82.8 Å². The molecule has 0 saturated heterocycles. The molecule has 0 fully saturated rings. The maximum atomic E-state index is 12.3. The van der Waals surface area contributed by atoms with E-state index in [1.807, 2.05) is 6.07 Å². The van der Waals surface area contributed by atoms with Crippen molar-refractivity contribution < 1.29 is 23.5 Å². The van der Waals surface area contributed by atoms with Gasteiger partial charge in [-0.05, 0) is 42.0 Å². The summed E-state index contributed by atoms with van der Waals surface area (Å²) in [6.45, 7) is -0.0564. The van der Waals surface area contributed by atoms with Crippen molar-refractivity contribution in [3.63, 3.8) is 0 Å². The zero-order chi connectivity index (χ0) is 20.9. The number of fused-ring (bicyclic) bond motifs is 1. The third-order valence-electron chi connectivity index (χ3n) is 4.37. The predicted octanol–water partition coefficient (Wildman–Crippen LogP) is 4.37. The maximum Gasteiger partial charge on any atom is 0.351 e. The summed E-state index contributed by atoms with van der Waals surface area (Å²) in [6, 6.07) is 23.6. The van der Waals surface area contributed by atoms with Crippen LogP contribution in [-0.2, 0) is 11.3 Å². The number of benzene rings is 3. The Labute approximate surface area is 171 Å². The average Bonchev–Trinajstić information content (AvgIpc) is 2.78. The van der Waals surface area contributed by atoms with Crippen molar-refractivity contribution in [2.75, 3.05) is 0 Å². The molecule has 0 bridgehead atoms. The van der Waals surface area contributed by atoms with Gasteiger partial charge in [0.2, 0.25) is 0 Å². The highest BCUT2D eigenvalue weighted by atomic mass is 16.5. The first kappa shape index (κ1) is 19.1. The van der Waals surface area contributed by atoms with Crippen LogP contribution in [0.4, 0.5) is 0 Å². The minimum atomic E-state index is -0.776. The largest absolute Gasteiger partial charge is 0.457 e. The number of para-hydroxylation sites is 2. The van der Waals surface area contributed by atoms with Crippen LogP contribution < -0.4 is 10.4 Å². The molecule has 30 heavy (non-hydrogen) atoms. The Morgan fingerprint density at radius 3 is 2.27 bits per heavy atom. The minimum absolute atomic E-state index is 0.0564. The predicted molar refractivity (Wildman–Crippen MR) is 109 cm³/mol. The van der Waals surface area contributed by atoms with Gasteiger partial charge in [-0.1, -0.05) is 48.5 Å². The van der Waals surface area contributed by atoms with Crippen LogP contribution in [0.15, 0.2) is 94.1 Å². The lowest BCUT2D eigenvalue weighted by atomic mass is 10.1. The smallest absolute Gasteiger partial charge is 0.351 e. The van der Waals surface area contributed by atoms with E-state index >= 15 is 0 Å². The summed E-state index contributed by atoms with van der Waals surface area (Å²) < 4.78 is 15.6. The molecule has 3 aromatic carbocycles. The number of rotatable bonds is 5. The fraction of sp³-hybridized carbons (Fsp3) is 0.0417. The van der Waals surface area contributed by atoms with Crippen molar-refractivity contribution in [3.8, 4) is 5.75 Å². The zero-order valence-electron chi connectivity index (χ0n) is 15.7. The Morgan fingerprint density at radius 1 is 0.800 bits per heavy atom. The lowest BCUT2D eigenvalue weighted by molar-refractivity contribution is 0.0467. The zero-order valence-corrected chi connectivity index (χ0v) is 15.7. The second kappa shape index (κ2) is 8.45. The molecule has 1 heterocycles. The molecule has 0 aliphatic rings. The van der Waals surface area contributed by atoms with E-state index in [1.165, 1.54) is 6.07 Å². The molecule has 0 aliphatic heterocycles. The normalized spacial score (nSPS) is 10.5. The van der Waals surface area contributed by atoms with Crippen molar-refractivity contribution >= 4 is 22.9 Å². The molecule has 0 saturated carbocycles. The summed E-state index contributed by atoms with van der Waals surface area (Å²) in [5.41, 5.74) is 0.500. The highest BCUT2D eigenvalue weighted by Crippen LogP contribution is 2.15. The number of hydrogen-bond donors (Lipinski definition) is 0. The first-order valence-corrected chi connectivity index (χ1v) is 9.16. The summed E-state index contributed by atoms with van der Waals surface area (Å²) in [5.74, 6) is -0.810. The number of hydrogen-bond acceptors (Lipinski definition) is 6. The van der Waals surface area contributed by atoms with E-state index in [1.54, 1.807) is 72.8 Å². The molecule has 4 rings (SSSR count). The molecule has 6 heteroatoms. The second-order valence-electron chi connectivity index (χ2n) is 6.46. The summed E-state index contributed by atoms with van der Waals surface area (Å²) in [6.07, 6.45) is 0. The number of esters is 2. The van der Waals surface area contributed by atoms with Gasteiger partial charge in [0.05, 0.1) is 5.56 Å². The molecule has 6 nitrogen and oxygen atoms in total. The lowest BCUT2D eigenvalue weighted by Crippen LogP contribution is -2.16. The molecule has 0 atom stereocenters. The standard InChI is InChI=1S/C24H16O6/c25-22(29-19-7-2-1-3-8-19)17-12-10-16(11-13-17)15-28-23(26)20-14-18-6-4-5-9-21(18)30-24(20)27/h1-14H,15H2. The van der Waals surface area contributed by atoms with Crippen molar-refractivity contribution in [2.45, 2.75) is 6.61 Å². The fourth-order valence-corrected chi connectivity index (χ4v) is 2.82. The molecule has 0 spiro atoms. The summed E-state index contributed by atoms with van der Waals surface area (Å²) >= 11 is 0. The molecular weight excluding hydrogens is 384 g/mol. The van der Waals surface area contributed by atoms with Gasteiger partial charge >= 0.3 is 17.6 Å². The van der Waals surface area contributed by atoms with Crippen molar-refractivity contribution in [1.29, 1.82) is 0 Å². The van der Waals surface area contributed by atoms with Crippen LogP contribution in [0.5, 0.6) is 5.75 Å². The first-order valence-electron chi connectivity index (χ1n) is 9.16. The highest BCUT2D eigenvalue weighted by Gasteiger charge is 2.15. The Balaban J connectivity index is 1.40. The maximum absolute atomic E-state index is 12.3. The number of carbonyl (C=O) groups excluding carboxylic acids is 2. The van der Waals surface area contributed by atoms with E-state index in [9.17, 15) is 14.4 Å². The molecule has 0 amide bonds. The molecule has 0 radical (unpaired) electrons. The van der Waals surface area contributed by atoms with E-state index in [0.717, 1.165) is 0 Å². The van der Waals surface area contributed by atoms with Crippen LogP contribution in [0.1, 0.15) is 26.3 Å². The Kier molecular flexibility index (Phi) is 5.39. The Bertz CT molecular complexity index is 1260. The summed E-state index contributed by atoms with van der Waals surface area (Å²) in [5, 5.41) is 0.630. The minimum Gasteiger partial charge on any atom is -0.457 e. The third-order valence-corrected chi connectivity index (χ3v) is 4.37. The highest BCUT2D eigenvalue weighted by molar-refractivity contribution is 5.93. The fourth-order valence-electron chi connectivity index (χ4n) is 2.82. The van der Waals surface area contributed by atoms with Crippen molar-refractivity contribution in [3.05, 3.63) is 112 Å². The first-order chi connectivity index (χ1) is 14.6. The van der Waals surface area contributed by atoms with Crippen molar-refractivity contribution in [1.82, 2.24) is 0 Å². The number of carbonyl (C=O) groups is 2. The lowest BCUT2D eigenvalue weighted by Gasteiger charge is -2.07. The molecule has 0 N–H and O–H groups in total. The van der Waals surface area contributed by atoms with E-state index in [2.05, 4.69) is 0 Å². The molecule has 0 unspecified atom stereocenters. The SMILES string of the molecule is O=C(Oc1ccccc1)c1ccc(COC(=O)c2cc3ccccc3oc2=O)cc1.